The molecule has 1 aromatic carbocycles. The Labute approximate surface area is 202 Å². The van der Waals surface area contributed by atoms with E-state index in [-0.39, 0.29) is 30.9 Å². The molecule has 0 saturated carbocycles. The summed E-state index contributed by atoms with van der Waals surface area (Å²) in [6.07, 6.45) is -1.13. The van der Waals surface area contributed by atoms with Gasteiger partial charge < -0.3 is 24.8 Å². The molecule has 35 heavy (non-hydrogen) atoms. The first kappa shape index (κ1) is 26.8. The number of aromatic nitrogens is 2. The highest BCUT2D eigenvalue weighted by molar-refractivity contribution is 7.52. The number of carbonyl (C=O) groups is 1. The summed E-state index contributed by atoms with van der Waals surface area (Å²) in [4.78, 5) is 28.3. The number of benzene rings is 1. The Balaban J connectivity index is 1.76. The third-order valence-electron chi connectivity index (χ3n) is 5.39. The number of para-hydroxylation sites is 1. The van der Waals surface area contributed by atoms with E-state index in [0.29, 0.717) is 0 Å². The molecule has 1 fully saturated rings. The number of ether oxygens (including phenoxy) is 2. The Bertz CT molecular complexity index is 1130. The lowest BCUT2D eigenvalue weighted by atomic mass is 9.94. The van der Waals surface area contributed by atoms with Crippen molar-refractivity contribution >= 4 is 19.5 Å². The largest absolute Gasteiger partial charge is 0.462 e. The lowest BCUT2D eigenvalue weighted by Crippen LogP contribution is -2.49. The standard InChI is InChI=1S/C22H31N4O8P/c1-14(2)33-20(28)15(3)25-35(30,34-16-8-6-5-7-9-16)32-12-17-19(27)22(4,13-31-17)26-11-10-18(23)24-21(26)29/h5-11,14-15,17,19,27H,12-13H2,1-4H3,(H,25,30)(H2,23,24,29)/t15-,17-,19-,22-,35?/m1/s1. The zero-order valence-corrected chi connectivity index (χ0v) is 20.9. The molecule has 3 rings (SSSR count). The van der Waals surface area contributed by atoms with Crippen molar-refractivity contribution in [3.05, 3.63) is 53.1 Å². The van der Waals surface area contributed by atoms with Crippen LogP contribution in [0.1, 0.15) is 27.7 Å². The SMILES string of the molecule is CC(C)OC(=O)[C@@H](C)NP(=O)(OC[C@H]1OC[C@@](C)(n2ccc(N)nc2=O)[C@@H]1O)Oc1ccccc1. The number of nitrogen functional groups attached to an aromatic ring is 1. The van der Waals surface area contributed by atoms with Crippen LogP contribution in [0.15, 0.2) is 47.4 Å². The smallest absolute Gasteiger partial charge is 0.459 e. The Hall–Kier alpha value is -2.76. The van der Waals surface area contributed by atoms with Gasteiger partial charge in [0, 0.05) is 6.20 Å². The van der Waals surface area contributed by atoms with E-state index < -0.39 is 43.2 Å². The van der Waals surface area contributed by atoms with Gasteiger partial charge in [0.15, 0.2) is 0 Å². The maximum atomic E-state index is 13.6. The average molecular weight is 510 g/mol. The molecule has 0 amide bonds. The van der Waals surface area contributed by atoms with Crippen LogP contribution in [-0.2, 0) is 28.9 Å². The quantitative estimate of drug-likeness (QED) is 0.313. The fourth-order valence-electron chi connectivity index (χ4n) is 3.51. The molecule has 1 aliphatic rings. The number of esters is 1. The number of anilines is 1. The molecular weight excluding hydrogens is 479 g/mol. The van der Waals surface area contributed by atoms with Crippen molar-refractivity contribution in [2.75, 3.05) is 18.9 Å². The van der Waals surface area contributed by atoms with Crippen molar-refractivity contribution in [3.63, 3.8) is 0 Å². The first-order valence-electron chi connectivity index (χ1n) is 11.1. The molecule has 12 nitrogen and oxygen atoms in total. The molecule has 0 spiro atoms. The van der Waals surface area contributed by atoms with Gasteiger partial charge in [0.05, 0.1) is 24.9 Å². The van der Waals surface area contributed by atoms with Crippen LogP contribution in [0.4, 0.5) is 5.82 Å². The monoisotopic (exact) mass is 510 g/mol. The molecule has 0 radical (unpaired) electrons. The van der Waals surface area contributed by atoms with Gasteiger partial charge in [0.25, 0.3) is 0 Å². The maximum Gasteiger partial charge on any atom is 0.459 e. The van der Waals surface area contributed by atoms with Gasteiger partial charge in [0.2, 0.25) is 0 Å². The van der Waals surface area contributed by atoms with Crippen molar-refractivity contribution in [2.45, 2.75) is 57.6 Å². The Morgan fingerprint density at radius 1 is 1.34 bits per heavy atom. The van der Waals surface area contributed by atoms with Gasteiger partial charge in [0.1, 0.15) is 29.8 Å². The molecule has 1 aromatic heterocycles. The van der Waals surface area contributed by atoms with Crippen LogP contribution in [0.2, 0.25) is 0 Å². The summed E-state index contributed by atoms with van der Waals surface area (Å²) in [6, 6.07) is 8.69. The van der Waals surface area contributed by atoms with Crippen molar-refractivity contribution in [3.8, 4) is 5.75 Å². The number of hydrogen-bond acceptors (Lipinski definition) is 10. The molecule has 2 heterocycles. The summed E-state index contributed by atoms with van der Waals surface area (Å²) < 4.78 is 36.8. The van der Waals surface area contributed by atoms with Gasteiger partial charge >= 0.3 is 19.4 Å². The number of rotatable bonds is 10. The van der Waals surface area contributed by atoms with E-state index in [9.17, 15) is 19.3 Å². The predicted molar refractivity (Wildman–Crippen MR) is 127 cm³/mol. The third-order valence-corrected chi connectivity index (χ3v) is 7.03. The number of carbonyl (C=O) groups excluding carboxylic acids is 1. The topological polar surface area (TPSA) is 164 Å². The Morgan fingerprint density at radius 2 is 2.03 bits per heavy atom. The number of aliphatic hydroxyl groups is 1. The van der Waals surface area contributed by atoms with Gasteiger partial charge in [-0.25, -0.2) is 9.36 Å². The summed E-state index contributed by atoms with van der Waals surface area (Å²) in [5, 5.41) is 13.5. The number of nitrogens with two attached hydrogens (primary N) is 1. The van der Waals surface area contributed by atoms with Crippen molar-refractivity contribution in [2.24, 2.45) is 0 Å². The fraction of sp³-hybridized carbons (Fsp3) is 0.500. The molecule has 5 atom stereocenters. The van der Waals surface area contributed by atoms with Crippen LogP contribution in [0.25, 0.3) is 0 Å². The minimum absolute atomic E-state index is 0.0396. The molecule has 2 aromatic rings. The van der Waals surface area contributed by atoms with Crippen LogP contribution in [-0.4, -0.2) is 58.2 Å². The highest BCUT2D eigenvalue weighted by atomic mass is 31.2. The minimum atomic E-state index is -4.14. The van der Waals surface area contributed by atoms with Crippen molar-refractivity contribution in [1.29, 1.82) is 0 Å². The van der Waals surface area contributed by atoms with Gasteiger partial charge in [-0.1, -0.05) is 18.2 Å². The normalized spacial score (nSPS) is 24.6. The highest BCUT2D eigenvalue weighted by Crippen LogP contribution is 2.46. The zero-order valence-electron chi connectivity index (χ0n) is 20.0. The van der Waals surface area contributed by atoms with E-state index in [1.807, 2.05) is 0 Å². The lowest BCUT2D eigenvalue weighted by Gasteiger charge is -2.30. The van der Waals surface area contributed by atoms with Gasteiger partial charge in [-0.3, -0.25) is 13.9 Å². The molecule has 13 heteroatoms. The van der Waals surface area contributed by atoms with Crippen LogP contribution in [0.3, 0.4) is 0 Å². The first-order valence-corrected chi connectivity index (χ1v) is 12.6. The Morgan fingerprint density at radius 3 is 2.66 bits per heavy atom. The van der Waals surface area contributed by atoms with Gasteiger partial charge in [-0.15, -0.1) is 0 Å². The van der Waals surface area contributed by atoms with Gasteiger partial charge in [-0.05, 0) is 45.9 Å². The number of nitrogens with zero attached hydrogens (tertiary/aromatic N) is 2. The lowest BCUT2D eigenvalue weighted by molar-refractivity contribution is -0.149. The van der Waals surface area contributed by atoms with E-state index in [1.165, 1.54) is 23.8 Å². The zero-order chi connectivity index (χ0) is 25.8. The third kappa shape index (κ3) is 6.47. The molecule has 4 N–H and O–H groups in total. The van der Waals surface area contributed by atoms with Crippen LogP contribution in [0.5, 0.6) is 5.75 Å². The molecule has 1 saturated heterocycles. The fourth-order valence-corrected chi connectivity index (χ4v) is 5.02. The minimum Gasteiger partial charge on any atom is -0.462 e. The average Bonchev–Trinajstić information content (AvgIpc) is 3.07. The van der Waals surface area contributed by atoms with Crippen molar-refractivity contribution < 1.29 is 33.0 Å². The number of hydrogen-bond donors (Lipinski definition) is 3. The molecule has 0 aliphatic carbocycles. The Kier molecular flexibility index (Phi) is 8.34. The summed E-state index contributed by atoms with van der Waals surface area (Å²) in [5.74, 6) is -0.344. The highest BCUT2D eigenvalue weighted by Gasteiger charge is 2.49. The van der Waals surface area contributed by atoms with E-state index in [0.717, 1.165) is 0 Å². The van der Waals surface area contributed by atoms with E-state index in [2.05, 4.69) is 10.1 Å². The molecule has 0 bridgehead atoms. The van der Waals surface area contributed by atoms with E-state index in [4.69, 9.17) is 24.3 Å². The summed E-state index contributed by atoms with van der Waals surface area (Å²) >= 11 is 0. The predicted octanol–water partition coefficient (Wildman–Crippen LogP) is 1.43. The molecule has 1 unspecified atom stereocenters. The number of nitrogens with one attached hydrogen (secondary N) is 1. The first-order chi connectivity index (χ1) is 16.4. The van der Waals surface area contributed by atoms with Crippen molar-refractivity contribution in [1.82, 2.24) is 14.6 Å². The molecule has 192 valence electrons. The van der Waals surface area contributed by atoms with Gasteiger partial charge in [-0.2, -0.15) is 10.1 Å². The van der Waals surface area contributed by atoms with Crippen LogP contribution in [0, 0.1) is 0 Å². The van der Waals surface area contributed by atoms with Crippen LogP contribution >= 0.6 is 7.75 Å². The summed E-state index contributed by atoms with van der Waals surface area (Å²) in [6.45, 7) is 6.07. The van der Waals surface area contributed by atoms with E-state index in [1.54, 1.807) is 51.1 Å². The molecular formula is C22H31N4O8P. The second kappa shape index (κ2) is 10.9. The molecule has 1 aliphatic heterocycles. The second-order valence-corrected chi connectivity index (χ2v) is 10.4. The summed E-state index contributed by atoms with van der Waals surface area (Å²) in [7, 11) is -4.14. The van der Waals surface area contributed by atoms with E-state index >= 15 is 0 Å². The van der Waals surface area contributed by atoms with Crippen LogP contribution < -0.4 is 21.0 Å². The second-order valence-electron chi connectivity index (χ2n) is 8.69. The maximum absolute atomic E-state index is 13.6. The summed E-state index contributed by atoms with van der Waals surface area (Å²) in [5.41, 5.74) is 3.74. The number of aliphatic hydroxyl groups excluding tert-OH is 1.